The van der Waals surface area contributed by atoms with Gasteiger partial charge in [-0.15, -0.1) is 11.3 Å². The van der Waals surface area contributed by atoms with Gasteiger partial charge in [-0.25, -0.2) is 4.98 Å². The number of hydrogen-bond acceptors (Lipinski definition) is 4. The number of anilines is 1. The zero-order valence-corrected chi connectivity index (χ0v) is 13.1. The third-order valence-electron chi connectivity index (χ3n) is 4.02. The lowest BCUT2D eigenvalue weighted by Crippen LogP contribution is -2.26. The van der Waals surface area contributed by atoms with E-state index in [1.54, 1.807) is 18.3 Å². The lowest BCUT2D eigenvalue weighted by molar-refractivity contribution is -0.114. The molecule has 1 atom stereocenters. The normalized spacial score (nSPS) is 17.5. The Morgan fingerprint density at radius 2 is 2.09 bits per heavy atom. The standard InChI is InChI=1S/C17H15N3OS/c1-10-15(11(2)21)16(14-8-5-9-22-14)20-13-7-4-3-6-12(13)19-17(20)18-10/h3-9,16H,1-2H3,(H,18,19)/t16-/m1/s1. The van der Waals surface area contributed by atoms with Gasteiger partial charge in [0.2, 0.25) is 5.95 Å². The molecule has 110 valence electrons. The van der Waals surface area contributed by atoms with Gasteiger partial charge >= 0.3 is 0 Å². The Morgan fingerprint density at radius 1 is 1.27 bits per heavy atom. The third-order valence-corrected chi connectivity index (χ3v) is 4.95. The van der Waals surface area contributed by atoms with Crippen molar-refractivity contribution < 1.29 is 4.79 Å². The predicted molar refractivity (Wildman–Crippen MR) is 89.2 cm³/mol. The summed E-state index contributed by atoms with van der Waals surface area (Å²) in [5, 5.41) is 5.33. The molecule has 4 rings (SSSR count). The molecule has 1 aromatic carbocycles. The lowest BCUT2D eigenvalue weighted by Gasteiger charge is -2.29. The Morgan fingerprint density at radius 3 is 2.82 bits per heavy atom. The monoisotopic (exact) mass is 309 g/mol. The quantitative estimate of drug-likeness (QED) is 0.779. The molecule has 0 saturated heterocycles. The van der Waals surface area contributed by atoms with Crippen molar-refractivity contribution in [2.45, 2.75) is 19.9 Å². The van der Waals surface area contributed by atoms with Gasteiger partial charge in [0.05, 0.1) is 11.0 Å². The Bertz CT molecular complexity index is 905. The van der Waals surface area contributed by atoms with Crippen LogP contribution in [-0.4, -0.2) is 15.3 Å². The number of para-hydroxylation sites is 2. The van der Waals surface area contributed by atoms with Crippen molar-refractivity contribution in [3.8, 4) is 0 Å². The molecule has 0 amide bonds. The number of fused-ring (bicyclic) bond motifs is 3. The fraction of sp³-hybridized carbons (Fsp3) is 0.176. The molecule has 5 heteroatoms. The minimum Gasteiger partial charge on any atom is -0.329 e. The molecule has 1 aliphatic heterocycles. The topological polar surface area (TPSA) is 46.9 Å². The average molecular weight is 309 g/mol. The highest BCUT2D eigenvalue weighted by Gasteiger charge is 2.32. The van der Waals surface area contributed by atoms with Gasteiger partial charge in [-0.05, 0) is 37.4 Å². The fourth-order valence-corrected chi connectivity index (χ4v) is 3.96. The highest BCUT2D eigenvalue weighted by Crippen LogP contribution is 2.40. The number of rotatable bonds is 2. The second kappa shape index (κ2) is 4.81. The summed E-state index contributed by atoms with van der Waals surface area (Å²) in [5.41, 5.74) is 3.66. The molecule has 0 aliphatic carbocycles. The Kier molecular flexibility index (Phi) is 2.90. The first-order valence-electron chi connectivity index (χ1n) is 7.16. The second-order valence-corrected chi connectivity index (χ2v) is 6.41. The largest absolute Gasteiger partial charge is 0.329 e. The maximum absolute atomic E-state index is 12.3. The van der Waals surface area contributed by atoms with Crippen LogP contribution in [0.2, 0.25) is 0 Å². The Labute approximate surface area is 132 Å². The van der Waals surface area contributed by atoms with Gasteiger partial charge in [-0.1, -0.05) is 18.2 Å². The van der Waals surface area contributed by atoms with Gasteiger partial charge in [-0.3, -0.25) is 9.36 Å². The van der Waals surface area contributed by atoms with E-state index in [9.17, 15) is 4.79 Å². The minimum absolute atomic E-state index is 0.0897. The van der Waals surface area contributed by atoms with Crippen molar-refractivity contribution >= 4 is 34.1 Å². The Hall–Kier alpha value is -2.40. The summed E-state index contributed by atoms with van der Waals surface area (Å²) in [6.07, 6.45) is 0. The number of benzene rings is 1. The van der Waals surface area contributed by atoms with Crippen molar-refractivity contribution in [1.82, 2.24) is 9.55 Å². The number of aromatic nitrogens is 2. The maximum atomic E-state index is 12.3. The zero-order valence-electron chi connectivity index (χ0n) is 12.3. The van der Waals surface area contributed by atoms with Crippen LogP contribution in [0.15, 0.2) is 53.0 Å². The minimum atomic E-state index is -0.110. The molecule has 0 unspecified atom stereocenters. The van der Waals surface area contributed by atoms with Crippen LogP contribution in [0.3, 0.4) is 0 Å². The molecule has 1 aliphatic rings. The van der Waals surface area contributed by atoms with Gasteiger partial charge in [0, 0.05) is 16.1 Å². The van der Waals surface area contributed by atoms with Gasteiger partial charge in [-0.2, -0.15) is 0 Å². The first-order chi connectivity index (χ1) is 10.7. The first-order valence-corrected chi connectivity index (χ1v) is 8.04. The van der Waals surface area contributed by atoms with Crippen molar-refractivity contribution in [3.05, 3.63) is 57.9 Å². The SMILES string of the molecule is CC(=O)C1=C(C)Nc2nc3ccccc3n2[C@@H]1c1cccs1. The molecule has 0 bridgehead atoms. The summed E-state index contributed by atoms with van der Waals surface area (Å²) in [6, 6.07) is 12.0. The van der Waals surface area contributed by atoms with E-state index in [1.165, 1.54) is 0 Å². The van der Waals surface area contributed by atoms with E-state index in [-0.39, 0.29) is 11.8 Å². The Balaban J connectivity index is 2.05. The molecule has 0 saturated carbocycles. The smallest absolute Gasteiger partial charge is 0.209 e. The third kappa shape index (κ3) is 1.82. The summed E-state index contributed by atoms with van der Waals surface area (Å²) in [5.74, 6) is 0.883. The number of nitrogens with zero attached hydrogens (tertiary/aromatic N) is 2. The van der Waals surface area contributed by atoms with E-state index in [4.69, 9.17) is 0 Å². The summed E-state index contributed by atoms with van der Waals surface area (Å²) in [4.78, 5) is 18.1. The second-order valence-electron chi connectivity index (χ2n) is 5.43. The van der Waals surface area contributed by atoms with E-state index in [0.29, 0.717) is 0 Å². The van der Waals surface area contributed by atoms with Crippen LogP contribution in [0.5, 0.6) is 0 Å². The van der Waals surface area contributed by atoms with Crippen LogP contribution in [0.4, 0.5) is 5.95 Å². The number of allylic oxidation sites excluding steroid dienone is 2. The van der Waals surface area contributed by atoms with E-state index >= 15 is 0 Å². The highest BCUT2D eigenvalue weighted by atomic mass is 32.1. The van der Waals surface area contributed by atoms with Gasteiger partial charge in [0.15, 0.2) is 5.78 Å². The van der Waals surface area contributed by atoms with Crippen LogP contribution in [0, 0.1) is 0 Å². The predicted octanol–water partition coefficient (Wildman–Crippen LogP) is 3.98. The van der Waals surface area contributed by atoms with Crippen LogP contribution < -0.4 is 5.32 Å². The number of imidazole rings is 1. The average Bonchev–Trinajstić information content (AvgIpc) is 3.12. The summed E-state index contributed by atoms with van der Waals surface area (Å²) >= 11 is 1.67. The summed E-state index contributed by atoms with van der Waals surface area (Å²) in [6.45, 7) is 3.57. The maximum Gasteiger partial charge on any atom is 0.209 e. The summed E-state index contributed by atoms with van der Waals surface area (Å²) in [7, 11) is 0. The first kappa shape index (κ1) is 13.3. The molecule has 0 spiro atoms. The lowest BCUT2D eigenvalue weighted by atomic mass is 9.97. The highest BCUT2D eigenvalue weighted by molar-refractivity contribution is 7.10. The van der Waals surface area contributed by atoms with E-state index in [2.05, 4.69) is 20.9 Å². The van der Waals surface area contributed by atoms with E-state index in [0.717, 1.165) is 33.1 Å². The van der Waals surface area contributed by atoms with Crippen molar-refractivity contribution in [2.75, 3.05) is 5.32 Å². The van der Waals surface area contributed by atoms with Gasteiger partial charge in [0.25, 0.3) is 0 Å². The van der Waals surface area contributed by atoms with Gasteiger partial charge < -0.3 is 5.32 Å². The molecule has 0 fully saturated rings. The number of ketones is 1. The number of carbonyl (C=O) groups is 1. The number of nitrogens with one attached hydrogen (secondary N) is 1. The molecular weight excluding hydrogens is 294 g/mol. The zero-order chi connectivity index (χ0) is 15.3. The molecule has 1 N–H and O–H groups in total. The molecule has 3 aromatic rings. The van der Waals surface area contributed by atoms with Gasteiger partial charge in [0.1, 0.15) is 6.04 Å². The van der Waals surface area contributed by atoms with E-state index in [1.807, 2.05) is 42.6 Å². The molecule has 4 nitrogen and oxygen atoms in total. The van der Waals surface area contributed by atoms with Crippen molar-refractivity contribution in [3.63, 3.8) is 0 Å². The number of hydrogen-bond donors (Lipinski definition) is 1. The van der Waals surface area contributed by atoms with Crippen molar-refractivity contribution in [1.29, 1.82) is 0 Å². The van der Waals surface area contributed by atoms with Crippen LogP contribution in [0.25, 0.3) is 11.0 Å². The van der Waals surface area contributed by atoms with Crippen LogP contribution in [-0.2, 0) is 4.79 Å². The van der Waals surface area contributed by atoms with Crippen LogP contribution in [0.1, 0.15) is 24.8 Å². The molecule has 2 aromatic heterocycles. The molecular formula is C17H15N3OS. The van der Waals surface area contributed by atoms with Crippen molar-refractivity contribution in [2.24, 2.45) is 0 Å². The van der Waals surface area contributed by atoms with Crippen LogP contribution >= 0.6 is 11.3 Å². The fourth-order valence-electron chi connectivity index (χ4n) is 3.14. The van der Waals surface area contributed by atoms with E-state index < -0.39 is 0 Å². The molecule has 0 radical (unpaired) electrons. The number of thiophene rings is 1. The number of Topliss-reactive ketones (excluding diaryl/α,β-unsaturated/α-hetero) is 1. The molecule has 22 heavy (non-hydrogen) atoms. The molecule has 3 heterocycles. The number of carbonyl (C=O) groups excluding carboxylic acids is 1. The summed E-state index contributed by atoms with van der Waals surface area (Å²) < 4.78 is 2.13.